The minimum atomic E-state index is -0.318. The average Bonchev–Trinajstić information content (AvgIpc) is 3.76. The molecule has 9 aromatic rings. The first-order valence-corrected chi connectivity index (χ1v) is 20.3. The largest absolute Gasteiger partial charge is 0.456 e. The summed E-state index contributed by atoms with van der Waals surface area (Å²) in [5.41, 5.74) is 15.4. The number of para-hydroxylation sites is 2. The van der Waals surface area contributed by atoms with Crippen molar-refractivity contribution in [2.75, 3.05) is 4.90 Å². The molecule has 0 spiro atoms. The molecule has 1 atom stereocenters. The summed E-state index contributed by atoms with van der Waals surface area (Å²) in [5.74, 6) is 0.585. The molecule has 0 bridgehead atoms. The van der Waals surface area contributed by atoms with Gasteiger partial charge >= 0.3 is 0 Å². The summed E-state index contributed by atoms with van der Waals surface area (Å²) in [4.78, 5) is 2.47. The van der Waals surface area contributed by atoms with Gasteiger partial charge in [0.05, 0.1) is 5.69 Å². The van der Waals surface area contributed by atoms with Crippen molar-refractivity contribution >= 4 is 49.8 Å². The lowest BCUT2D eigenvalue weighted by atomic mass is 9.74. The topological polar surface area (TPSA) is 16.4 Å². The molecule has 0 amide bonds. The van der Waals surface area contributed by atoms with Gasteiger partial charge in [0.1, 0.15) is 11.2 Å². The maximum atomic E-state index is 6.55. The van der Waals surface area contributed by atoms with E-state index >= 15 is 0 Å². The van der Waals surface area contributed by atoms with E-state index in [1.165, 1.54) is 87.4 Å². The Kier molecular flexibility index (Phi) is 7.74. The molecule has 2 aliphatic carbocycles. The fourth-order valence-corrected chi connectivity index (χ4v) is 10.2. The van der Waals surface area contributed by atoms with Crippen LogP contribution in [0.3, 0.4) is 0 Å². The van der Waals surface area contributed by atoms with Crippen LogP contribution >= 0.6 is 0 Å². The van der Waals surface area contributed by atoms with E-state index < -0.39 is 0 Å². The van der Waals surface area contributed by atoms with Gasteiger partial charge in [-0.1, -0.05) is 153 Å². The zero-order valence-corrected chi connectivity index (χ0v) is 31.7. The van der Waals surface area contributed by atoms with E-state index in [1.807, 2.05) is 6.07 Å². The van der Waals surface area contributed by atoms with Gasteiger partial charge in [-0.3, -0.25) is 0 Å². The number of benzene rings is 8. The molecule has 2 aliphatic rings. The second-order valence-electron chi connectivity index (χ2n) is 16.0. The van der Waals surface area contributed by atoms with Crippen molar-refractivity contribution in [3.63, 3.8) is 0 Å². The summed E-state index contributed by atoms with van der Waals surface area (Å²) in [5, 5.41) is 4.97. The molecule has 0 N–H and O–H groups in total. The van der Waals surface area contributed by atoms with Gasteiger partial charge in [-0.2, -0.15) is 0 Å². The fourth-order valence-electron chi connectivity index (χ4n) is 10.2. The van der Waals surface area contributed by atoms with Crippen LogP contribution < -0.4 is 4.90 Å². The number of fused-ring (bicyclic) bond motifs is 7. The van der Waals surface area contributed by atoms with E-state index in [2.05, 4.69) is 182 Å². The molecule has 0 radical (unpaired) electrons. The number of rotatable bonds is 6. The zero-order valence-electron chi connectivity index (χ0n) is 31.7. The quantitative estimate of drug-likeness (QED) is 0.170. The minimum absolute atomic E-state index is 0.318. The Morgan fingerprint density at radius 2 is 1.16 bits per heavy atom. The van der Waals surface area contributed by atoms with Crippen LogP contribution in [-0.2, 0) is 5.41 Å². The minimum Gasteiger partial charge on any atom is -0.456 e. The highest BCUT2D eigenvalue weighted by molar-refractivity contribution is 6.07. The van der Waals surface area contributed by atoms with Crippen molar-refractivity contribution in [2.45, 2.75) is 50.4 Å². The van der Waals surface area contributed by atoms with E-state index in [1.54, 1.807) is 0 Å². The molecule has 2 heteroatoms. The Morgan fingerprint density at radius 3 is 2.04 bits per heavy atom. The monoisotopic (exact) mass is 721 g/mol. The molecule has 1 heterocycles. The molecule has 8 aromatic carbocycles. The lowest BCUT2D eigenvalue weighted by Crippen LogP contribution is -2.22. The van der Waals surface area contributed by atoms with E-state index in [0.29, 0.717) is 5.92 Å². The summed E-state index contributed by atoms with van der Waals surface area (Å²) in [6.45, 7) is 2.40. The van der Waals surface area contributed by atoms with Crippen LogP contribution in [0, 0.1) is 0 Å². The van der Waals surface area contributed by atoms with E-state index in [-0.39, 0.29) is 5.41 Å². The molecular weight excluding hydrogens is 679 g/mol. The number of anilines is 3. The molecule has 1 fully saturated rings. The van der Waals surface area contributed by atoms with Crippen molar-refractivity contribution in [3.8, 4) is 22.3 Å². The molecule has 11 rings (SSSR count). The second-order valence-corrected chi connectivity index (χ2v) is 16.0. The molecular formula is C54H43NO. The highest BCUT2D eigenvalue weighted by Gasteiger charge is 2.41. The first-order chi connectivity index (χ1) is 27.7. The van der Waals surface area contributed by atoms with Crippen LogP contribution in [0.5, 0.6) is 0 Å². The third-order valence-corrected chi connectivity index (χ3v) is 12.9. The van der Waals surface area contributed by atoms with Gasteiger partial charge in [0, 0.05) is 39.2 Å². The van der Waals surface area contributed by atoms with Crippen molar-refractivity contribution in [2.24, 2.45) is 0 Å². The molecule has 0 saturated heterocycles. The zero-order chi connectivity index (χ0) is 37.2. The Hall–Kier alpha value is -6.38. The van der Waals surface area contributed by atoms with Gasteiger partial charge < -0.3 is 9.32 Å². The molecule has 1 aromatic heterocycles. The highest BCUT2D eigenvalue weighted by Crippen LogP contribution is 2.54. The number of nitrogens with zero attached hydrogens (tertiary/aromatic N) is 1. The maximum Gasteiger partial charge on any atom is 0.137 e. The molecule has 270 valence electrons. The molecule has 2 nitrogen and oxygen atoms in total. The van der Waals surface area contributed by atoms with Crippen molar-refractivity contribution in [1.29, 1.82) is 0 Å². The molecule has 1 saturated carbocycles. The first-order valence-electron chi connectivity index (χ1n) is 20.3. The Bertz CT molecular complexity index is 2930. The first kappa shape index (κ1) is 33.0. The lowest BCUT2D eigenvalue weighted by molar-refractivity contribution is 0.445. The van der Waals surface area contributed by atoms with Gasteiger partial charge in [-0.05, 0) is 112 Å². The van der Waals surface area contributed by atoms with Crippen LogP contribution in [0.4, 0.5) is 17.1 Å². The highest BCUT2D eigenvalue weighted by atomic mass is 16.3. The molecule has 0 aliphatic heterocycles. The van der Waals surface area contributed by atoms with Crippen LogP contribution in [0.1, 0.15) is 67.2 Å². The smallest absolute Gasteiger partial charge is 0.137 e. The van der Waals surface area contributed by atoms with E-state index in [4.69, 9.17) is 4.42 Å². The second kappa shape index (κ2) is 13.1. The Morgan fingerprint density at radius 1 is 0.500 bits per heavy atom. The normalized spacial score (nSPS) is 16.7. The van der Waals surface area contributed by atoms with Gasteiger partial charge in [0.2, 0.25) is 0 Å². The Labute approximate surface area is 328 Å². The van der Waals surface area contributed by atoms with Crippen molar-refractivity contribution in [1.82, 2.24) is 0 Å². The van der Waals surface area contributed by atoms with Crippen LogP contribution in [0.25, 0.3) is 55.0 Å². The summed E-state index contributed by atoms with van der Waals surface area (Å²) in [6, 6.07) is 65.1. The van der Waals surface area contributed by atoms with Gasteiger partial charge in [-0.25, -0.2) is 0 Å². The van der Waals surface area contributed by atoms with Gasteiger partial charge in [0.25, 0.3) is 0 Å². The summed E-state index contributed by atoms with van der Waals surface area (Å²) in [7, 11) is 0. The Balaban J connectivity index is 1.17. The third kappa shape index (κ3) is 5.09. The summed E-state index contributed by atoms with van der Waals surface area (Å²) >= 11 is 0. The third-order valence-electron chi connectivity index (χ3n) is 12.9. The summed E-state index contributed by atoms with van der Waals surface area (Å²) < 4.78 is 6.55. The standard InChI is InChI=1S/C54H43NO/c1-54(38-20-6-3-7-21-38)48-27-11-8-22-42(48)43-32-30-39(34-49(43)54)55(40-31-33-46-45-24-10-13-29-51(45)56-52(46)35-40)50-28-12-9-23-44(50)47-26-15-19-37-18-14-25-41(53(37)47)36-16-4-2-5-17-36/h3,6-15,18-36H,2,4-5,16-17H2,1H3. The lowest BCUT2D eigenvalue weighted by Gasteiger charge is -2.32. The average molecular weight is 722 g/mol. The van der Waals surface area contributed by atoms with Gasteiger partial charge in [0.15, 0.2) is 0 Å². The predicted octanol–water partition coefficient (Wildman–Crippen LogP) is 15.3. The number of furan rings is 1. The number of hydrogen-bond acceptors (Lipinski definition) is 2. The fraction of sp³-hybridized carbons (Fsp3) is 0.148. The summed E-state index contributed by atoms with van der Waals surface area (Å²) in [6.07, 6.45) is 6.48. The molecule has 56 heavy (non-hydrogen) atoms. The number of hydrogen-bond donors (Lipinski definition) is 0. The molecule has 1 unspecified atom stereocenters. The van der Waals surface area contributed by atoms with Crippen LogP contribution in [0.15, 0.2) is 180 Å². The predicted molar refractivity (Wildman–Crippen MR) is 235 cm³/mol. The van der Waals surface area contributed by atoms with Crippen molar-refractivity contribution in [3.05, 3.63) is 198 Å². The van der Waals surface area contributed by atoms with Crippen LogP contribution in [-0.4, -0.2) is 0 Å². The SMILES string of the molecule is CC1(c2ccccc2)c2ccccc2-c2ccc(N(c3ccc4c(c3)oc3ccccc34)c3ccccc3-c3cccc4cccc(C5CCCCC5)c34)cc21. The van der Waals surface area contributed by atoms with E-state index in [9.17, 15) is 0 Å². The van der Waals surface area contributed by atoms with Crippen LogP contribution in [0.2, 0.25) is 0 Å². The van der Waals surface area contributed by atoms with Crippen molar-refractivity contribution < 1.29 is 4.42 Å². The maximum absolute atomic E-state index is 6.55. The van der Waals surface area contributed by atoms with Gasteiger partial charge in [-0.15, -0.1) is 0 Å². The van der Waals surface area contributed by atoms with E-state index in [0.717, 1.165) is 39.0 Å².